The van der Waals surface area contributed by atoms with E-state index in [9.17, 15) is 0 Å². The van der Waals surface area contributed by atoms with Gasteiger partial charge in [0.15, 0.2) is 11.5 Å². The standard InChI is InChI=1S/C12H15ClN4/c13-10-4-5-11-14-15-12(17(11)8-10)9-16-6-2-1-3-7-16/h4-5,8H,1-3,6-7,9H2. The van der Waals surface area contributed by atoms with Gasteiger partial charge in [0, 0.05) is 6.20 Å². The summed E-state index contributed by atoms with van der Waals surface area (Å²) in [5.74, 6) is 0.976. The van der Waals surface area contributed by atoms with Crippen molar-refractivity contribution in [2.75, 3.05) is 13.1 Å². The molecule has 0 amide bonds. The smallest absolute Gasteiger partial charge is 0.160 e. The second-order valence-corrected chi connectivity index (χ2v) is 4.96. The summed E-state index contributed by atoms with van der Waals surface area (Å²) in [6, 6.07) is 3.74. The normalized spacial score (nSPS) is 17.7. The lowest BCUT2D eigenvalue weighted by molar-refractivity contribution is 0.215. The molecular weight excluding hydrogens is 236 g/mol. The molecule has 1 aliphatic rings. The zero-order valence-electron chi connectivity index (χ0n) is 9.64. The third-order valence-corrected chi connectivity index (χ3v) is 3.47. The molecule has 0 saturated carbocycles. The first kappa shape index (κ1) is 11.0. The molecule has 0 bridgehead atoms. The first-order valence-electron chi connectivity index (χ1n) is 6.04. The first-order chi connectivity index (χ1) is 8.33. The molecule has 0 spiro atoms. The highest BCUT2D eigenvalue weighted by Gasteiger charge is 2.14. The Balaban J connectivity index is 1.86. The van der Waals surface area contributed by atoms with Crippen LogP contribution in [0.4, 0.5) is 0 Å². The molecule has 2 aromatic rings. The van der Waals surface area contributed by atoms with Gasteiger partial charge in [-0.2, -0.15) is 0 Å². The molecule has 0 atom stereocenters. The van der Waals surface area contributed by atoms with Gasteiger partial charge in [0.1, 0.15) is 0 Å². The summed E-state index contributed by atoms with van der Waals surface area (Å²) < 4.78 is 1.98. The number of likely N-dealkylation sites (tertiary alicyclic amines) is 1. The third-order valence-electron chi connectivity index (χ3n) is 3.25. The third kappa shape index (κ3) is 2.28. The van der Waals surface area contributed by atoms with Crippen molar-refractivity contribution in [1.82, 2.24) is 19.5 Å². The van der Waals surface area contributed by atoms with Crippen LogP contribution in [0.25, 0.3) is 5.65 Å². The number of aromatic nitrogens is 3. The number of pyridine rings is 1. The van der Waals surface area contributed by atoms with Gasteiger partial charge in [-0.05, 0) is 38.1 Å². The van der Waals surface area contributed by atoms with E-state index in [0.29, 0.717) is 0 Å². The second-order valence-electron chi connectivity index (χ2n) is 4.53. The fourth-order valence-electron chi connectivity index (χ4n) is 2.34. The van der Waals surface area contributed by atoms with Crippen LogP contribution in [-0.2, 0) is 6.54 Å². The van der Waals surface area contributed by atoms with E-state index in [1.807, 2.05) is 22.7 Å². The van der Waals surface area contributed by atoms with Crippen LogP contribution >= 0.6 is 11.6 Å². The van der Waals surface area contributed by atoms with Crippen LogP contribution in [0.15, 0.2) is 18.3 Å². The van der Waals surface area contributed by atoms with Crippen LogP contribution in [0.5, 0.6) is 0 Å². The lowest BCUT2D eigenvalue weighted by Gasteiger charge is -2.25. The van der Waals surface area contributed by atoms with E-state index in [-0.39, 0.29) is 0 Å². The zero-order valence-corrected chi connectivity index (χ0v) is 10.4. The van der Waals surface area contributed by atoms with Crippen LogP contribution in [-0.4, -0.2) is 32.6 Å². The minimum atomic E-state index is 0.720. The highest BCUT2D eigenvalue weighted by molar-refractivity contribution is 6.30. The molecule has 0 unspecified atom stereocenters. The number of hydrogen-bond acceptors (Lipinski definition) is 3. The van der Waals surface area contributed by atoms with Crippen LogP contribution in [0.1, 0.15) is 25.1 Å². The largest absolute Gasteiger partial charge is 0.296 e. The Labute approximate surface area is 105 Å². The summed E-state index contributed by atoms with van der Waals surface area (Å²) in [7, 11) is 0. The van der Waals surface area contributed by atoms with Gasteiger partial charge >= 0.3 is 0 Å². The highest BCUT2D eigenvalue weighted by Crippen LogP contribution is 2.15. The van der Waals surface area contributed by atoms with Gasteiger partial charge in [0.05, 0.1) is 11.6 Å². The van der Waals surface area contributed by atoms with Crippen molar-refractivity contribution in [3.8, 4) is 0 Å². The molecule has 1 aliphatic heterocycles. The van der Waals surface area contributed by atoms with Gasteiger partial charge in [0.2, 0.25) is 0 Å². The molecule has 5 heteroatoms. The van der Waals surface area contributed by atoms with Gasteiger partial charge in [-0.1, -0.05) is 18.0 Å². The number of nitrogens with zero attached hydrogens (tertiary/aromatic N) is 4. The zero-order chi connectivity index (χ0) is 11.7. The van der Waals surface area contributed by atoms with E-state index in [4.69, 9.17) is 11.6 Å². The van der Waals surface area contributed by atoms with E-state index < -0.39 is 0 Å². The molecular formula is C12H15ClN4. The molecule has 1 saturated heterocycles. The second kappa shape index (κ2) is 4.63. The molecule has 2 aromatic heterocycles. The Morgan fingerprint density at radius 2 is 1.94 bits per heavy atom. The number of fused-ring (bicyclic) bond motifs is 1. The molecule has 17 heavy (non-hydrogen) atoms. The van der Waals surface area contributed by atoms with E-state index in [0.717, 1.165) is 36.1 Å². The summed E-state index contributed by atoms with van der Waals surface area (Å²) in [4.78, 5) is 2.43. The lowest BCUT2D eigenvalue weighted by Crippen LogP contribution is -2.29. The van der Waals surface area contributed by atoms with Gasteiger partial charge < -0.3 is 0 Å². The van der Waals surface area contributed by atoms with Crippen molar-refractivity contribution >= 4 is 17.2 Å². The quantitative estimate of drug-likeness (QED) is 0.821. The molecule has 0 aliphatic carbocycles. The molecule has 0 aromatic carbocycles. The fraction of sp³-hybridized carbons (Fsp3) is 0.500. The fourth-order valence-corrected chi connectivity index (χ4v) is 2.50. The SMILES string of the molecule is Clc1ccc2nnc(CN3CCCCC3)n2c1. The van der Waals surface area contributed by atoms with Gasteiger partial charge in [0.25, 0.3) is 0 Å². The number of piperidine rings is 1. The number of hydrogen-bond donors (Lipinski definition) is 0. The van der Waals surface area contributed by atoms with Crippen LogP contribution in [0.2, 0.25) is 5.02 Å². The molecule has 0 radical (unpaired) electrons. The Morgan fingerprint density at radius 1 is 1.12 bits per heavy atom. The van der Waals surface area contributed by atoms with Crippen molar-refractivity contribution < 1.29 is 0 Å². The Bertz CT molecular complexity index is 516. The van der Waals surface area contributed by atoms with Crippen molar-refractivity contribution in [1.29, 1.82) is 0 Å². The average molecular weight is 251 g/mol. The first-order valence-corrected chi connectivity index (χ1v) is 6.42. The minimum absolute atomic E-state index is 0.720. The van der Waals surface area contributed by atoms with Crippen LogP contribution in [0.3, 0.4) is 0 Å². The topological polar surface area (TPSA) is 33.4 Å². The molecule has 4 nitrogen and oxygen atoms in total. The Kier molecular flexibility index (Phi) is 2.99. The maximum absolute atomic E-state index is 6.00. The molecule has 3 heterocycles. The van der Waals surface area contributed by atoms with Crippen molar-refractivity contribution in [3.05, 3.63) is 29.2 Å². The Hall–Kier alpha value is -1.13. The van der Waals surface area contributed by atoms with E-state index in [2.05, 4.69) is 15.1 Å². The Morgan fingerprint density at radius 3 is 2.76 bits per heavy atom. The summed E-state index contributed by atoms with van der Waals surface area (Å²) in [5, 5.41) is 9.12. The van der Waals surface area contributed by atoms with E-state index >= 15 is 0 Å². The summed E-state index contributed by atoms with van der Waals surface area (Å²) in [5.41, 5.74) is 0.862. The van der Waals surface area contributed by atoms with Crippen LogP contribution < -0.4 is 0 Å². The van der Waals surface area contributed by atoms with Crippen molar-refractivity contribution in [2.45, 2.75) is 25.8 Å². The number of rotatable bonds is 2. The van der Waals surface area contributed by atoms with Crippen LogP contribution in [0, 0.1) is 0 Å². The summed E-state index contributed by atoms with van der Waals surface area (Å²) in [6.07, 6.45) is 5.81. The van der Waals surface area contributed by atoms with Crippen molar-refractivity contribution in [3.63, 3.8) is 0 Å². The molecule has 90 valence electrons. The average Bonchev–Trinajstić information content (AvgIpc) is 2.73. The predicted molar refractivity (Wildman–Crippen MR) is 67.1 cm³/mol. The van der Waals surface area contributed by atoms with Gasteiger partial charge in [-0.15, -0.1) is 10.2 Å². The van der Waals surface area contributed by atoms with E-state index in [1.165, 1.54) is 19.3 Å². The lowest BCUT2D eigenvalue weighted by atomic mass is 10.1. The summed E-state index contributed by atoms with van der Waals surface area (Å²) >= 11 is 6.00. The molecule has 3 rings (SSSR count). The predicted octanol–water partition coefficient (Wildman–Crippen LogP) is 2.37. The minimum Gasteiger partial charge on any atom is -0.296 e. The highest BCUT2D eigenvalue weighted by atomic mass is 35.5. The maximum Gasteiger partial charge on any atom is 0.160 e. The summed E-state index contributed by atoms with van der Waals surface area (Å²) in [6.45, 7) is 3.19. The molecule has 0 N–H and O–H groups in total. The molecule has 1 fully saturated rings. The van der Waals surface area contributed by atoms with Gasteiger partial charge in [-0.25, -0.2) is 0 Å². The maximum atomic E-state index is 6.00. The van der Waals surface area contributed by atoms with Gasteiger partial charge in [-0.3, -0.25) is 9.30 Å². The van der Waals surface area contributed by atoms with Crippen molar-refractivity contribution in [2.24, 2.45) is 0 Å². The monoisotopic (exact) mass is 250 g/mol. The van der Waals surface area contributed by atoms with E-state index in [1.54, 1.807) is 0 Å². The number of halogens is 1.